The van der Waals surface area contributed by atoms with Gasteiger partial charge in [0, 0.05) is 5.57 Å². The van der Waals surface area contributed by atoms with E-state index in [2.05, 4.69) is 22.6 Å². The van der Waals surface area contributed by atoms with Crippen molar-refractivity contribution < 1.29 is 29.0 Å². The zero-order valence-corrected chi connectivity index (χ0v) is 14.8. The smallest absolute Gasteiger partial charge is 0.337 e. The molecule has 1 N–H and O–H groups in total. The predicted octanol–water partition coefficient (Wildman–Crippen LogP) is 3.52. The Balaban J connectivity index is 0.000000488. The van der Waals surface area contributed by atoms with Crippen LogP contribution in [0.5, 0.6) is 0 Å². The molecule has 0 saturated carbocycles. The molecule has 0 aromatic heterocycles. The van der Waals surface area contributed by atoms with E-state index in [-0.39, 0.29) is 12.0 Å². The Morgan fingerprint density at radius 2 is 1.81 bits per heavy atom. The number of carbonyl (C=O) groups excluding carboxylic acids is 2. The molecule has 0 unspecified atom stereocenters. The SMILES string of the molecule is C=C(C=Cc1ccccc1)C(=O)OC.C=COC(=O)CC=C(C)C(=O)O. The normalized spacial score (nSPS) is 10.3. The maximum atomic E-state index is 11.0. The molecule has 0 aliphatic heterocycles. The van der Waals surface area contributed by atoms with Crippen molar-refractivity contribution in [3.8, 4) is 0 Å². The van der Waals surface area contributed by atoms with Crippen molar-refractivity contribution in [1.82, 2.24) is 0 Å². The van der Waals surface area contributed by atoms with E-state index in [0.29, 0.717) is 5.57 Å². The summed E-state index contributed by atoms with van der Waals surface area (Å²) in [5, 5.41) is 8.38. The van der Waals surface area contributed by atoms with Gasteiger partial charge in [-0.3, -0.25) is 4.79 Å². The van der Waals surface area contributed by atoms with Gasteiger partial charge in [0.1, 0.15) is 0 Å². The lowest BCUT2D eigenvalue weighted by Gasteiger charge is -1.96. The molecule has 0 saturated heterocycles. The zero-order chi connectivity index (χ0) is 19.9. The molecule has 138 valence electrons. The summed E-state index contributed by atoms with van der Waals surface area (Å²) in [6.07, 6.45) is 5.70. The zero-order valence-electron chi connectivity index (χ0n) is 14.8. The molecule has 0 fully saturated rings. The number of carboxylic acids is 1. The summed E-state index contributed by atoms with van der Waals surface area (Å²) in [4.78, 5) is 31.8. The van der Waals surface area contributed by atoms with Crippen molar-refractivity contribution >= 4 is 24.0 Å². The lowest BCUT2D eigenvalue weighted by molar-refractivity contribution is -0.137. The van der Waals surface area contributed by atoms with Gasteiger partial charge in [0.25, 0.3) is 0 Å². The second-order valence-corrected chi connectivity index (χ2v) is 4.81. The second-order valence-electron chi connectivity index (χ2n) is 4.81. The van der Waals surface area contributed by atoms with Gasteiger partial charge in [-0.15, -0.1) is 0 Å². The van der Waals surface area contributed by atoms with Crippen LogP contribution in [0.25, 0.3) is 6.08 Å². The molecule has 0 heterocycles. The average molecular weight is 358 g/mol. The van der Waals surface area contributed by atoms with Gasteiger partial charge >= 0.3 is 17.9 Å². The van der Waals surface area contributed by atoms with Crippen LogP contribution >= 0.6 is 0 Å². The molecule has 0 amide bonds. The molecule has 0 aliphatic rings. The van der Waals surface area contributed by atoms with Crippen LogP contribution in [-0.2, 0) is 23.9 Å². The van der Waals surface area contributed by atoms with Gasteiger partial charge < -0.3 is 14.6 Å². The van der Waals surface area contributed by atoms with Crippen LogP contribution in [0.2, 0.25) is 0 Å². The van der Waals surface area contributed by atoms with Crippen molar-refractivity contribution in [2.75, 3.05) is 7.11 Å². The first-order valence-electron chi connectivity index (χ1n) is 7.52. The maximum absolute atomic E-state index is 11.0. The monoisotopic (exact) mass is 358 g/mol. The van der Waals surface area contributed by atoms with Crippen molar-refractivity contribution in [1.29, 1.82) is 0 Å². The Bertz CT molecular complexity index is 698. The second kappa shape index (κ2) is 12.9. The van der Waals surface area contributed by atoms with Gasteiger partial charge in [0.2, 0.25) is 0 Å². The molecule has 0 radical (unpaired) electrons. The van der Waals surface area contributed by atoms with Crippen molar-refractivity contribution in [2.45, 2.75) is 13.3 Å². The molecule has 1 aromatic rings. The highest BCUT2D eigenvalue weighted by molar-refractivity contribution is 5.92. The summed E-state index contributed by atoms with van der Waals surface area (Å²) in [5.74, 6) is -1.97. The first-order valence-corrected chi connectivity index (χ1v) is 7.52. The molecule has 0 spiro atoms. The van der Waals surface area contributed by atoms with Crippen LogP contribution in [0.4, 0.5) is 0 Å². The first kappa shape index (κ1) is 22.6. The highest BCUT2D eigenvalue weighted by atomic mass is 16.5. The van der Waals surface area contributed by atoms with Gasteiger partial charge in [0.15, 0.2) is 0 Å². The van der Waals surface area contributed by atoms with E-state index in [1.165, 1.54) is 20.1 Å². The Hall–Kier alpha value is -3.41. The van der Waals surface area contributed by atoms with Gasteiger partial charge in [-0.25, -0.2) is 9.59 Å². The van der Waals surface area contributed by atoms with Crippen LogP contribution in [0.3, 0.4) is 0 Å². The summed E-state index contributed by atoms with van der Waals surface area (Å²) in [6, 6.07) is 9.69. The standard InChI is InChI=1S/C12H12O2.C8H10O4/c1-10(12(13)14-2)8-9-11-6-4-3-5-7-11;1-3-12-7(9)5-4-6(2)8(10)11/h3-9H,1H2,2H3;3-4H,1,5H2,2H3,(H,10,11). The summed E-state index contributed by atoms with van der Waals surface area (Å²) in [7, 11) is 1.34. The highest BCUT2D eigenvalue weighted by Gasteiger charge is 2.02. The topological polar surface area (TPSA) is 89.9 Å². The Labute approximate surface area is 152 Å². The number of hydrogen-bond acceptors (Lipinski definition) is 5. The number of esters is 2. The van der Waals surface area contributed by atoms with Crippen LogP contribution < -0.4 is 0 Å². The van der Waals surface area contributed by atoms with E-state index in [1.807, 2.05) is 36.4 Å². The minimum atomic E-state index is -1.04. The number of carboxylic acid groups (broad SMARTS) is 1. The number of rotatable bonds is 7. The number of hydrogen-bond donors (Lipinski definition) is 1. The van der Waals surface area contributed by atoms with Crippen LogP contribution in [0.1, 0.15) is 18.9 Å². The third kappa shape index (κ3) is 10.4. The van der Waals surface area contributed by atoms with Crippen molar-refractivity contribution in [3.63, 3.8) is 0 Å². The Morgan fingerprint density at radius 1 is 1.19 bits per heavy atom. The quantitative estimate of drug-likeness (QED) is 0.347. The summed E-state index contributed by atoms with van der Waals surface area (Å²) >= 11 is 0. The van der Waals surface area contributed by atoms with Crippen molar-refractivity contribution in [2.24, 2.45) is 0 Å². The molecule has 6 nitrogen and oxygen atoms in total. The average Bonchev–Trinajstić information content (AvgIpc) is 2.64. The third-order valence-corrected chi connectivity index (χ3v) is 2.85. The first-order chi connectivity index (χ1) is 12.3. The number of benzene rings is 1. The fourth-order valence-electron chi connectivity index (χ4n) is 1.42. The summed E-state index contributed by atoms with van der Waals surface area (Å²) < 4.78 is 8.87. The molecule has 0 aliphatic carbocycles. The van der Waals surface area contributed by atoms with Gasteiger partial charge in [0.05, 0.1) is 25.4 Å². The number of methoxy groups -OCH3 is 1. The van der Waals surface area contributed by atoms with Crippen molar-refractivity contribution in [3.05, 3.63) is 78.6 Å². The lowest BCUT2D eigenvalue weighted by Crippen LogP contribution is -2.00. The minimum Gasteiger partial charge on any atom is -0.478 e. The minimum absolute atomic E-state index is 0.0514. The Kier molecular flexibility index (Phi) is 11.2. The molecule has 1 aromatic carbocycles. The molecular weight excluding hydrogens is 336 g/mol. The van der Waals surface area contributed by atoms with Gasteiger partial charge in [-0.05, 0) is 18.6 Å². The summed E-state index contributed by atoms with van der Waals surface area (Å²) in [5.41, 5.74) is 1.49. The van der Waals surface area contributed by atoms with E-state index in [1.54, 1.807) is 6.08 Å². The third-order valence-electron chi connectivity index (χ3n) is 2.85. The van der Waals surface area contributed by atoms with E-state index >= 15 is 0 Å². The fourth-order valence-corrected chi connectivity index (χ4v) is 1.42. The van der Waals surface area contributed by atoms with E-state index in [0.717, 1.165) is 11.8 Å². The molecular formula is C20H22O6. The molecule has 6 heteroatoms. The number of ether oxygens (including phenoxy) is 2. The number of carbonyl (C=O) groups is 3. The Morgan fingerprint density at radius 3 is 2.31 bits per heavy atom. The van der Waals surface area contributed by atoms with E-state index in [9.17, 15) is 14.4 Å². The van der Waals surface area contributed by atoms with Crippen LogP contribution in [0, 0.1) is 0 Å². The molecule has 1 rings (SSSR count). The number of aliphatic carboxylic acids is 1. The lowest BCUT2D eigenvalue weighted by atomic mass is 10.2. The molecule has 0 atom stereocenters. The largest absolute Gasteiger partial charge is 0.478 e. The van der Waals surface area contributed by atoms with E-state index in [4.69, 9.17) is 5.11 Å². The molecule has 0 bridgehead atoms. The van der Waals surface area contributed by atoms with Gasteiger partial charge in [-0.2, -0.15) is 0 Å². The molecule has 26 heavy (non-hydrogen) atoms. The van der Waals surface area contributed by atoms with Crippen LogP contribution in [0.15, 0.2) is 73.1 Å². The van der Waals surface area contributed by atoms with E-state index < -0.39 is 17.9 Å². The predicted molar refractivity (Wildman–Crippen MR) is 98.9 cm³/mol. The maximum Gasteiger partial charge on any atom is 0.337 e. The van der Waals surface area contributed by atoms with Crippen LogP contribution in [-0.4, -0.2) is 30.1 Å². The highest BCUT2D eigenvalue weighted by Crippen LogP contribution is 2.04. The fraction of sp³-hybridized carbons (Fsp3) is 0.150. The summed E-state index contributed by atoms with van der Waals surface area (Å²) in [6.45, 7) is 8.17. The van der Waals surface area contributed by atoms with Gasteiger partial charge in [-0.1, -0.05) is 55.6 Å².